The van der Waals surface area contributed by atoms with E-state index >= 15 is 0 Å². The summed E-state index contributed by atoms with van der Waals surface area (Å²) in [5, 5.41) is 5.21. The molecule has 3 aromatic rings. The van der Waals surface area contributed by atoms with E-state index in [1.54, 1.807) is 30.3 Å². The van der Waals surface area contributed by atoms with Crippen LogP contribution in [0.15, 0.2) is 64.1 Å². The summed E-state index contributed by atoms with van der Waals surface area (Å²) in [7, 11) is 0. The maximum absolute atomic E-state index is 11.9. The molecule has 0 saturated heterocycles. The number of benzene rings is 2. The van der Waals surface area contributed by atoms with Gasteiger partial charge in [0.25, 0.3) is 0 Å². The topological polar surface area (TPSA) is 54.6 Å². The van der Waals surface area contributed by atoms with Crippen molar-refractivity contribution in [3.63, 3.8) is 0 Å². The Morgan fingerprint density at radius 1 is 1.08 bits per heavy atom. The van der Waals surface area contributed by atoms with Crippen LogP contribution in [0.1, 0.15) is 16.9 Å². The van der Waals surface area contributed by atoms with Gasteiger partial charge in [-0.25, -0.2) is 5.43 Å². The lowest BCUT2D eigenvalue weighted by molar-refractivity contribution is -0.120. The molecule has 4 nitrogen and oxygen atoms in total. The van der Waals surface area contributed by atoms with Gasteiger partial charge in [0.05, 0.1) is 12.6 Å². The minimum atomic E-state index is -0.221. The summed E-state index contributed by atoms with van der Waals surface area (Å²) in [5.41, 5.74) is 5.32. The molecule has 0 radical (unpaired) electrons. The Bertz CT molecular complexity index is 947. The van der Waals surface area contributed by atoms with Gasteiger partial charge in [0.15, 0.2) is 0 Å². The van der Waals surface area contributed by atoms with Gasteiger partial charge in [-0.2, -0.15) is 5.10 Å². The number of aryl methyl sites for hydroxylation is 1. The molecule has 0 atom stereocenters. The van der Waals surface area contributed by atoms with Crippen molar-refractivity contribution in [2.24, 2.45) is 5.10 Å². The third-order valence-electron chi connectivity index (χ3n) is 3.75. The van der Waals surface area contributed by atoms with Crippen molar-refractivity contribution in [3.8, 4) is 11.3 Å². The third kappa shape index (κ3) is 4.75. The lowest BCUT2D eigenvalue weighted by Gasteiger charge is -2.02. The fraction of sp³-hybridized carbons (Fsp3) is 0.100. The number of furan rings is 1. The van der Waals surface area contributed by atoms with Crippen molar-refractivity contribution in [3.05, 3.63) is 81.5 Å². The van der Waals surface area contributed by atoms with Crippen LogP contribution in [0.3, 0.4) is 0 Å². The number of carbonyl (C=O) groups is 1. The molecule has 0 spiro atoms. The molecule has 0 aliphatic heterocycles. The molecule has 0 aliphatic rings. The highest BCUT2D eigenvalue weighted by molar-refractivity contribution is 6.31. The van der Waals surface area contributed by atoms with Crippen LogP contribution in [0, 0.1) is 6.92 Å². The molecule has 1 aromatic heterocycles. The van der Waals surface area contributed by atoms with Crippen LogP contribution >= 0.6 is 23.2 Å². The van der Waals surface area contributed by atoms with Gasteiger partial charge in [-0.1, -0.05) is 41.4 Å². The first-order valence-corrected chi connectivity index (χ1v) is 8.69. The Labute approximate surface area is 161 Å². The van der Waals surface area contributed by atoms with Gasteiger partial charge in [-0.3, -0.25) is 4.79 Å². The van der Waals surface area contributed by atoms with E-state index < -0.39 is 0 Å². The normalized spacial score (nSPS) is 11.0. The Balaban J connectivity index is 1.61. The molecule has 0 bridgehead atoms. The van der Waals surface area contributed by atoms with Crippen LogP contribution < -0.4 is 5.43 Å². The number of nitrogens with one attached hydrogen (secondary N) is 1. The molecule has 3 rings (SSSR count). The first kappa shape index (κ1) is 18.2. The molecule has 132 valence electrons. The second kappa shape index (κ2) is 8.21. The van der Waals surface area contributed by atoms with E-state index in [0.717, 1.165) is 16.7 Å². The number of hydrogen-bond acceptors (Lipinski definition) is 3. The predicted octanol–water partition coefficient (Wildman–Crippen LogP) is 5.25. The van der Waals surface area contributed by atoms with Crippen molar-refractivity contribution in [2.75, 3.05) is 0 Å². The largest absolute Gasteiger partial charge is 0.455 e. The molecule has 2 aromatic carbocycles. The predicted molar refractivity (Wildman–Crippen MR) is 105 cm³/mol. The van der Waals surface area contributed by atoms with Gasteiger partial charge >= 0.3 is 0 Å². The number of carbonyl (C=O) groups excluding carboxylic acids is 1. The first-order valence-electron chi connectivity index (χ1n) is 7.94. The van der Waals surface area contributed by atoms with Gasteiger partial charge in [0, 0.05) is 15.6 Å². The molecule has 0 fully saturated rings. The number of hydrogen-bond donors (Lipinski definition) is 1. The smallest absolute Gasteiger partial charge is 0.244 e. The zero-order chi connectivity index (χ0) is 18.5. The summed E-state index contributed by atoms with van der Waals surface area (Å²) in [4.78, 5) is 11.9. The summed E-state index contributed by atoms with van der Waals surface area (Å²) in [6.07, 6.45) is 1.68. The van der Waals surface area contributed by atoms with Crippen molar-refractivity contribution in [1.29, 1.82) is 0 Å². The van der Waals surface area contributed by atoms with E-state index in [9.17, 15) is 4.79 Å². The van der Waals surface area contributed by atoms with Crippen molar-refractivity contribution < 1.29 is 9.21 Å². The van der Waals surface area contributed by atoms with Crippen LogP contribution in [-0.2, 0) is 11.2 Å². The monoisotopic (exact) mass is 386 g/mol. The van der Waals surface area contributed by atoms with Gasteiger partial charge in [-0.15, -0.1) is 0 Å². The SMILES string of the molecule is Cc1ccc(Cl)cc1-c1ccc(/C=N\NC(=O)Cc2ccc(Cl)cc2)o1. The fourth-order valence-electron chi connectivity index (χ4n) is 2.42. The molecule has 6 heteroatoms. The highest BCUT2D eigenvalue weighted by Crippen LogP contribution is 2.27. The fourth-order valence-corrected chi connectivity index (χ4v) is 2.72. The van der Waals surface area contributed by atoms with Crippen LogP contribution in [0.5, 0.6) is 0 Å². The van der Waals surface area contributed by atoms with E-state index in [1.807, 2.05) is 31.2 Å². The molecular weight excluding hydrogens is 371 g/mol. The van der Waals surface area contributed by atoms with Crippen molar-refractivity contribution >= 4 is 35.3 Å². The van der Waals surface area contributed by atoms with Crippen LogP contribution in [0.4, 0.5) is 0 Å². The molecular formula is C20H16Cl2N2O2. The van der Waals surface area contributed by atoms with Gasteiger partial charge in [-0.05, 0) is 54.4 Å². The Kier molecular flexibility index (Phi) is 5.76. The van der Waals surface area contributed by atoms with Gasteiger partial charge < -0.3 is 4.42 Å². The third-order valence-corrected chi connectivity index (χ3v) is 4.24. The van der Waals surface area contributed by atoms with Crippen molar-refractivity contribution in [2.45, 2.75) is 13.3 Å². The van der Waals surface area contributed by atoms with E-state index in [1.165, 1.54) is 6.21 Å². The molecule has 0 saturated carbocycles. The van der Waals surface area contributed by atoms with Crippen molar-refractivity contribution in [1.82, 2.24) is 5.43 Å². The lowest BCUT2D eigenvalue weighted by atomic mass is 10.1. The second-order valence-corrected chi connectivity index (χ2v) is 6.63. The minimum Gasteiger partial charge on any atom is -0.455 e. The summed E-state index contributed by atoms with van der Waals surface area (Å²) in [6, 6.07) is 16.3. The van der Waals surface area contributed by atoms with E-state index in [2.05, 4.69) is 10.5 Å². The van der Waals surface area contributed by atoms with Gasteiger partial charge in [0.1, 0.15) is 11.5 Å². The van der Waals surface area contributed by atoms with E-state index in [0.29, 0.717) is 21.6 Å². The summed E-state index contributed by atoms with van der Waals surface area (Å²) in [6.45, 7) is 1.99. The highest BCUT2D eigenvalue weighted by atomic mass is 35.5. The summed E-state index contributed by atoms with van der Waals surface area (Å²) >= 11 is 11.9. The highest BCUT2D eigenvalue weighted by Gasteiger charge is 2.08. The standard InChI is InChI=1S/C20H16Cl2N2O2/c1-13-2-5-16(22)11-18(13)19-9-8-17(26-19)12-23-24-20(25)10-14-3-6-15(21)7-4-14/h2-9,11-12H,10H2,1H3,(H,24,25)/b23-12-. The second-order valence-electron chi connectivity index (χ2n) is 5.76. The van der Waals surface area contributed by atoms with Gasteiger partial charge in [0.2, 0.25) is 5.91 Å². The van der Waals surface area contributed by atoms with E-state index in [4.69, 9.17) is 27.6 Å². The zero-order valence-corrected chi connectivity index (χ0v) is 15.5. The Hall–Kier alpha value is -2.56. The maximum Gasteiger partial charge on any atom is 0.244 e. The molecule has 0 unspecified atom stereocenters. The molecule has 1 amide bonds. The average molecular weight is 387 g/mol. The van der Waals surface area contributed by atoms with Crippen LogP contribution in [-0.4, -0.2) is 12.1 Å². The number of amides is 1. The average Bonchev–Trinajstić information content (AvgIpc) is 3.08. The summed E-state index contributed by atoms with van der Waals surface area (Å²) in [5.74, 6) is 1.01. The number of rotatable bonds is 5. The molecule has 26 heavy (non-hydrogen) atoms. The number of hydrazone groups is 1. The Morgan fingerprint density at radius 2 is 1.81 bits per heavy atom. The summed E-state index contributed by atoms with van der Waals surface area (Å²) < 4.78 is 5.74. The molecule has 0 aliphatic carbocycles. The first-order chi connectivity index (χ1) is 12.5. The molecule has 1 N–H and O–H groups in total. The molecule has 1 heterocycles. The quantitative estimate of drug-likeness (QED) is 0.480. The zero-order valence-electron chi connectivity index (χ0n) is 14.0. The number of nitrogens with zero attached hydrogens (tertiary/aromatic N) is 1. The van der Waals surface area contributed by atoms with Crippen LogP contribution in [0.2, 0.25) is 10.0 Å². The van der Waals surface area contributed by atoms with Crippen LogP contribution in [0.25, 0.3) is 11.3 Å². The maximum atomic E-state index is 11.9. The number of halogens is 2. The lowest BCUT2D eigenvalue weighted by Crippen LogP contribution is -2.19. The Morgan fingerprint density at radius 3 is 2.58 bits per heavy atom. The van der Waals surface area contributed by atoms with E-state index in [-0.39, 0.29) is 12.3 Å². The minimum absolute atomic E-state index is 0.221.